The minimum atomic E-state index is -0.180. The number of unbranched alkanes of at least 4 members (excludes halogenated alkanes) is 2. The van der Waals surface area contributed by atoms with Crippen LogP contribution in [0, 0.1) is 0 Å². The predicted octanol–water partition coefficient (Wildman–Crippen LogP) is 7.14. The number of rotatable bonds is 9. The van der Waals surface area contributed by atoms with Gasteiger partial charge in [-0.05, 0) is 59.8 Å². The van der Waals surface area contributed by atoms with Crippen LogP contribution in [0.15, 0.2) is 48.5 Å². The van der Waals surface area contributed by atoms with Gasteiger partial charge in [0.15, 0.2) is 0 Å². The second-order valence-corrected chi connectivity index (χ2v) is 9.39. The topological polar surface area (TPSA) is 29.5 Å². The van der Waals surface area contributed by atoms with Crippen LogP contribution in [0.2, 0.25) is 0 Å². The lowest BCUT2D eigenvalue weighted by Crippen LogP contribution is -2.20. The summed E-state index contributed by atoms with van der Waals surface area (Å²) in [5, 5.41) is 10.2. The van der Waals surface area contributed by atoms with E-state index in [1.165, 1.54) is 42.4 Å². The lowest BCUT2D eigenvalue weighted by molar-refractivity contribution is 0.118. The first-order valence-electron chi connectivity index (χ1n) is 11.5. The summed E-state index contributed by atoms with van der Waals surface area (Å²) in [5.74, 6) is 1.40. The molecule has 158 valence electrons. The maximum Gasteiger partial charge on any atom is 0.123 e. The van der Waals surface area contributed by atoms with Gasteiger partial charge in [0, 0.05) is 0 Å². The molecule has 0 saturated heterocycles. The molecule has 1 saturated carbocycles. The number of benzene rings is 2. The average Bonchev–Trinajstić information content (AvgIpc) is 2.73. The number of aliphatic hydroxyl groups is 1. The molecule has 29 heavy (non-hydrogen) atoms. The Morgan fingerprint density at radius 3 is 2.55 bits per heavy atom. The third-order valence-electron chi connectivity index (χ3n) is 6.52. The van der Waals surface area contributed by atoms with Crippen LogP contribution < -0.4 is 4.74 Å². The van der Waals surface area contributed by atoms with Gasteiger partial charge in [0.25, 0.3) is 0 Å². The van der Waals surface area contributed by atoms with Crippen LogP contribution in [0.1, 0.15) is 94.7 Å². The van der Waals surface area contributed by atoms with Crippen LogP contribution in [0.4, 0.5) is 0 Å². The van der Waals surface area contributed by atoms with Crippen molar-refractivity contribution in [3.05, 3.63) is 65.2 Å². The van der Waals surface area contributed by atoms with E-state index in [2.05, 4.69) is 63.2 Å². The number of aliphatic hydroxyl groups excluding tert-OH is 1. The van der Waals surface area contributed by atoms with Gasteiger partial charge < -0.3 is 9.84 Å². The summed E-state index contributed by atoms with van der Waals surface area (Å²) in [7, 11) is 0. The third kappa shape index (κ3) is 6.09. The lowest BCUT2D eigenvalue weighted by atomic mass is 9.77. The zero-order chi connectivity index (χ0) is 20.7. The van der Waals surface area contributed by atoms with Gasteiger partial charge in [0.05, 0.1) is 6.10 Å². The summed E-state index contributed by atoms with van der Waals surface area (Å²) in [6, 6.07) is 17.3. The van der Waals surface area contributed by atoms with E-state index in [9.17, 15) is 5.11 Å². The quantitative estimate of drug-likeness (QED) is 0.458. The average molecular weight is 395 g/mol. The Balaban J connectivity index is 1.84. The van der Waals surface area contributed by atoms with Gasteiger partial charge in [-0.2, -0.15) is 0 Å². The Kier molecular flexibility index (Phi) is 7.77. The van der Waals surface area contributed by atoms with E-state index >= 15 is 0 Å². The first kappa shape index (κ1) is 21.9. The van der Waals surface area contributed by atoms with Crippen molar-refractivity contribution in [2.24, 2.45) is 0 Å². The molecule has 0 heterocycles. The second-order valence-electron chi connectivity index (χ2n) is 9.39. The zero-order valence-electron chi connectivity index (χ0n) is 18.5. The fourth-order valence-electron chi connectivity index (χ4n) is 4.56. The van der Waals surface area contributed by atoms with Crippen LogP contribution >= 0.6 is 0 Å². The van der Waals surface area contributed by atoms with Crippen molar-refractivity contribution in [1.82, 2.24) is 0 Å². The molecule has 2 heteroatoms. The van der Waals surface area contributed by atoms with Crippen LogP contribution in [0.25, 0.3) is 0 Å². The molecule has 0 spiro atoms. The highest BCUT2D eigenvalue weighted by atomic mass is 16.5. The molecule has 0 aliphatic heterocycles. The van der Waals surface area contributed by atoms with Crippen molar-refractivity contribution in [2.75, 3.05) is 0 Å². The van der Waals surface area contributed by atoms with E-state index in [0.29, 0.717) is 12.5 Å². The summed E-state index contributed by atoms with van der Waals surface area (Å²) >= 11 is 0. The normalized spacial score (nSPS) is 19.9. The number of hydrogen-bond donors (Lipinski definition) is 1. The highest BCUT2D eigenvalue weighted by Crippen LogP contribution is 2.40. The number of ether oxygens (including phenoxy) is 1. The Morgan fingerprint density at radius 1 is 1.03 bits per heavy atom. The van der Waals surface area contributed by atoms with Crippen LogP contribution in [0.5, 0.6) is 5.75 Å². The Bertz CT molecular complexity index is 750. The first-order valence-corrected chi connectivity index (χ1v) is 11.5. The third-order valence-corrected chi connectivity index (χ3v) is 6.52. The van der Waals surface area contributed by atoms with Gasteiger partial charge in [-0.1, -0.05) is 88.9 Å². The van der Waals surface area contributed by atoms with Crippen molar-refractivity contribution in [3.63, 3.8) is 0 Å². The van der Waals surface area contributed by atoms with Crippen molar-refractivity contribution in [3.8, 4) is 5.75 Å². The lowest BCUT2D eigenvalue weighted by Gasteiger charge is -2.30. The van der Waals surface area contributed by atoms with E-state index in [-0.39, 0.29) is 11.5 Å². The summed E-state index contributed by atoms with van der Waals surface area (Å²) in [5.41, 5.74) is 3.96. The van der Waals surface area contributed by atoms with Gasteiger partial charge >= 0.3 is 0 Å². The minimum Gasteiger partial charge on any atom is -0.489 e. The maximum atomic E-state index is 10.2. The fourth-order valence-corrected chi connectivity index (χ4v) is 4.56. The molecular weight excluding hydrogens is 356 g/mol. The molecule has 1 aliphatic carbocycles. The molecule has 2 atom stereocenters. The fraction of sp³-hybridized carbons (Fsp3) is 0.556. The highest BCUT2D eigenvalue weighted by molar-refractivity contribution is 5.43. The molecule has 2 aromatic carbocycles. The van der Waals surface area contributed by atoms with Crippen molar-refractivity contribution >= 4 is 0 Å². The maximum absolute atomic E-state index is 10.2. The molecule has 1 N–H and O–H groups in total. The van der Waals surface area contributed by atoms with Crippen LogP contribution in [0.3, 0.4) is 0 Å². The Morgan fingerprint density at radius 2 is 1.83 bits per heavy atom. The van der Waals surface area contributed by atoms with Crippen molar-refractivity contribution < 1.29 is 9.84 Å². The van der Waals surface area contributed by atoms with Gasteiger partial charge in [0.1, 0.15) is 12.4 Å². The molecule has 3 rings (SSSR count). The smallest absolute Gasteiger partial charge is 0.123 e. The molecule has 0 aromatic heterocycles. The standard InChI is InChI=1S/C27H38O2/c1-4-5-9-17-27(2,3)23-15-16-25(22-13-10-14-24(28)18-22)26(19-23)29-20-21-11-7-6-8-12-21/h6-8,11-12,15-16,19,22,24,28H,4-5,9-10,13-14,17-18,20H2,1-3H3. The zero-order valence-corrected chi connectivity index (χ0v) is 18.5. The summed E-state index contributed by atoms with van der Waals surface area (Å²) < 4.78 is 6.39. The van der Waals surface area contributed by atoms with E-state index in [1.54, 1.807) is 0 Å². The molecule has 0 bridgehead atoms. The van der Waals surface area contributed by atoms with Crippen molar-refractivity contribution in [2.45, 2.75) is 96.2 Å². The molecular formula is C27H38O2. The molecule has 0 amide bonds. The number of hydrogen-bond acceptors (Lipinski definition) is 2. The molecule has 0 radical (unpaired) electrons. The van der Waals surface area contributed by atoms with Gasteiger partial charge in [-0.25, -0.2) is 0 Å². The molecule has 1 fully saturated rings. The summed E-state index contributed by atoms with van der Waals surface area (Å²) in [4.78, 5) is 0. The van der Waals surface area contributed by atoms with E-state index < -0.39 is 0 Å². The van der Waals surface area contributed by atoms with Gasteiger partial charge in [-0.3, -0.25) is 0 Å². The van der Waals surface area contributed by atoms with Gasteiger partial charge in [0.2, 0.25) is 0 Å². The summed E-state index contributed by atoms with van der Waals surface area (Å²) in [6.07, 6.45) is 8.83. The SMILES string of the molecule is CCCCCC(C)(C)c1ccc(C2CCCC(O)C2)c(OCc2ccccc2)c1. The van der Waals surface area contributed by atoms with E-state index in [1.807, 2.05) is 6.07 Å². The molecule has 2 aromatic rings. The Hall–Kier alpha value is -1.80. The predicted molar refractivity (Wildman–Crippen MR) is 122 cm³/mol. The summed E-state index contributed by atoms with van der Waals surface area (Å²) in [6.45, 7) is 7.55. The largest absolute Gasteiger partial charge is 0.489 e. The Labute approximate surface area is 177 Å². The van der Waals surface area contributed by atoms with Crippen LogP contribution in [-0.4, -0.2) is 11.2 Å². The van der Waals surface area contributed by atoms with Crippen LogP contribution in [-0.2, 0) is 12.0 Å². The molecule has 1 aliphatic rings. The molecule has 2 nitrogen and oxygen atoms in total. The van der Waals surface area contributed by atoms with E-state index in [4.69, 9.17) is 4.74 Å². The van der Waals surface area contributed by atoms with E-state index in [0.717, 1.165) is 31.4 Å². The second kappa shape index (κ2) is 10.3. The monoisotopic (exact) mass is 394 g/mol. The highest BCUT2D eigenvalue weighted by Gasteiger charge is 2.27. The molecule has 2 unspecified atom stereocenters. The minimum absolute atomic E-state index is 0.143. The van der Waals surface area contributed by atoms with Gasteiger partial charge in [-0.15, -0.1) is 0 Å². The first-order chi connectivity index (χ1) is 14.0. The van der Waals surface area contributed by atoms with Crippen molar-refractivity contribution in [1.29, 1.82) is 0 Å².